The van der Waals surface area contributed by atoms with Gasteiger partial charge in [0.2, 0.25) is 0 Å². The van der Waals surface area contributed by atoms with Crippen LogP contribution in [0.15, 0.2) is 73.1 Å². The first-order chi connectivity index (χ1) is 12.2. The fourth-order valence-corrected chi connectivity index (χ4v) is 2.45. The van der Waals surface area contributed by atoms with E-state index in [2.05, 4.69) is 10.3 Å². The van der Waals surface area contributed by atoms with Gasteiger partial charge < -0.3 is 10.1 Å². The number of aromatic nitrogens is 1. The van der Waals surface area contributed by atoms with Crippen molar-refractivity contribution >= 4 is 17.5 Å². The summed E-state index contributed by atoms with van der Waals surface area (Å²) in [6, 6.07) is 18.4. The van der Waals surface area contributed by atoms with E-state index in [1.807, 2.05) is 42.5 Å². The third-order valence-electron chi connectivity index (χ3n) is 3.65. The number of hydrogen-bond donors (Lipinski definition) is 1. The highest BCUT2D eigenvalue weighted by atomic mass is 35.5. The van der Waals surface area contributed by atoms with Gasteiger partial charge >= 0.3 is 0 Å². The molecule has 3 aromatic rings. The number of para-hydroxylation sites is 1. The van der Waals surface area contributed by atoms with Crippen LogP contribution in [-0.2, 0) is 13.2 Å². The number of nitrogens with one attached hydrogen (secondary N) is 1. The van der Waals surface area contributed by atoms with Gasteiger partial charge in [-0.25, -0.2) is 0 Å². The lowest BCUT2D eigenvalue weighted by atomic mass is 10.1. The highest BCUT2D eigenvalue weighted by Crippen LogP contribution is 2.24. The lowest BCUT2D eigenvalue weighted by Crippen LogP contribution is -2.22. The van der Waals surface area contributed by atoms with E-state index >= 15 is 0 Å². The molecule has 0 atom stereocenters. The minimum atomic E-state index is -0.115. The maximum Gasteiger partial charge on any atom is 0.251 e. The zero-order chi connectivity index (χ0) is 17.5. The number of halogens is 1. The molecule has 4 nitrogen and oxygen atoms in total. The van der Waals surface area contributed by atoms with E-state index in [0.717, 1.165) is 11.1 Å². The predicted octanol–water partition coefficient (Wildman–Crippen LogP) is 4.24. The molecular weight excluding hydrogens is 336 g/mol. The summed E-state index contributed by atoms with van der Waals surface area (Å²) in [5.74, 6) is 0.527. The Hall–Kier alpha value is -2.85. The maximum absolute atomic E-state index is 12.2. The first kappa shape index (κ1) is 17.0. The van der Waals surface area contributed by atoms with E-state index in [-0.39, 0.29) is 5.91 Å². The highest BCUT2D eigenvalue weighted by molar-refractivity contribution is 6.32. The Morgan fingerprint density at radius 3 is 2.40 bits per heavy atom. The normalized spacial score (nSPS) is 10.3. The molecule has 0 spiro atoms. The molecule has 5 heteroatoms. The Balaban J connectivity index is 1.54. The summed E-state index contributed by atoms with van der Waals surface area (Å²) in [4.78, 5) is 16.1. The van der Waals surface area contributed by atoms with Crippen LogP contribution in [0.2, 0.25) is 5.02 Å². The summed E-state index contributed by atoms with van der Waals surface area (Å²) >= 11 is 6.06. The topological polar surface area (TPSA) is 51.2 Å². The number of carbonyl (C=O) groups is 1. The summed E-state index contributed by atoms with van der Waals surface area (Å²) in [6.07, 6.45) is 3.41. The summed E-state index contributed by atoms with van der Waals surface area (Å²) in [5.41, 5.74) is 2.58. The molecule has 0 saturated heterocycles. The molecule has 1 amide bonds. The van der Waals surface area contributed by atoms with Crippen LogP contribution in [0.1, 0.15) is 21.5 Å². The second-order valence-electron chi connectivity index (χ2n) is 5.45. The third-order valence-corrected chi connectivity index (χ3v) is 3.96. The molecule has 0 bridgehead atoms. The van der Waals surface area contributed by atoms with Crippen LogP contribution in [0.4, 0.5) is 0 Å². The number of ether oxygens (including phenoxy) is 1. The molecule has 1 heterocycles. The number of benzene rings is 2. The van der Waals surface area contributed by atoms with E-state index in [9.17, 15) is 4.79 Å². The minimum Gasteiger partial charge on any atom is -0.487 e. The van der Waals surface area contributed by atoms with Crippen molar-refractivity contribution in [2.24, 2.45) is 0 Å². The zero-order valence-electron chi connectivity index (χ0n) is 13.5. The van der Waals surface area contributed by atoms with Crippen molar-refractivity contribution in [1.82, 2.24) is 10.3 Å². The molecular formula is C20H17ClN2O2. The largest absolute Gasteiger partial charge is 0.487 e. The number of rotatable bonds is 6. The van der Waals surface area contributed by atoms with Crippen molar-refractivity contribution in [3.63, 3.8) is 0 Å². The Labute approximate surface area is 151 Å². The van der Waals surface area contributed by atoms with Gasteiger partial charge in [-0.3, -0.25) is 9.78 Å². The van der Waals surface area contributed by atoms with Gasteiger partial charge in [0.15, 0.2) is 0 Å². The quantitative estimate of drug-likeness (QED) is 0.721. The molecule has 0 radical (unpaired) electrons. The summed E-state index contributed by atoms with van der Waals surface area (Å²) < 4.78 is 5.69. The zero-order valence-corrected chi connectivity index (χ0v) is 14.2. The Bertz CT molecular complexity index is 836. The van der Waals surface area contributed by atoms with Crippen molar-refractivity contribution in [2.45, 2.75) is 13.2 Å². The standard InChI is InChI=1S/C20H17ClN2O2/c21-18-3-1-2-4-19(18)25-14-16-5-7-17(8-6-16)20(24)23-13-15-9-11-22-12-10-15/h1-12H,13-14H2,(H,23,24). The van der Waals surface area contributed by atoms with Crippen LogP contribution in [0.5, 0.6) is 5.75 Å². The summed E-state index contributed by atoms with van der Waals surface area (Å²) in [6.45, 7) is 0.862. The van der Waals surface area contributed by atoms with Crippen molar-refractivity contribution in [1.29, 1.82) is 0 Å². The van der Waals surface area contributed by atoms with Crippen LogP contribution < -0.4 is 10.1 Å². The fraction of sp³-hybridized carbons (Fsp3) is 0.100. The van der Waals surface area contributed by atoms with Gasteiger partial charge in [0.1, 0.15) is 12.4 Å². The smallest absolute Gasteiger partial charge is 0.251 e. The van der Waals surface area contributed by atoms with Crippen LogP contribution in [-0.4, -0.2) is 10.9 Å². The van der Waals surface area contributed by atoms with E-state index in [1.165, 1.54) is 0 Å². The van der Waals surface area contributed by atoms with Crippen molar-refractivity contribution in [3.05, 3.63) is 94.8 Å². The van der Waals surface area contributed by atoms with E-state index in [4.69, 9.17) is 16.3 Å². The van der Waals surface area contributed by atoms with Crippen LogP contribution >= 0.6 is 11.6 Å². The molecule has 0 saturated carbocycles. The van der Waals surface area contributed by atoms with Gasteiger partial charge in [0, 0.05) is 24.5 Å². The molecule has 2 aromatic carbocycles. The van der Waals surface area contributed by atoms with Gasteiger partial charge in [-0.05, 0) is 47.5 Å². The monoisotopic (exact) mass is 352 g/mol. The van der Waals surface area contributed by atoms with Crippen LogP contribution in [0.3, 0.4) is 0 Å². The highest BCUT2D eigenvalue weighted by Gasteiger charge is 2.06. The van der Waals surface area contributed by atoms with Crippen LogP contribution in [0.25, 0.3) is 0 Å². The van der Waals surface area contributed by atoms with Crippen molar-refractivity contribution < 1.29 is 9.53 Å². The van der Waals surface area contributed by atoms with Gasteiger partial charge in [-0.15, -0.1) is 0 Å². The second kappa shape index (κ2) is 8.31. The van der Waals surface area contributed by atoms with Crippen LogP contribution in [0, 0.1) is 0 Å². The van der Waals surface area contributed by atoms with Crippen molar-refractivity contribution in [2.75, 3.05) is 0 Å². The lowest BCUT2D eigenvalue weighted by Gasteiger charge is -2.09. The van der Waals surface area contributed by atoms with Gasteiger partial charge in [0.25, 0.3) is 5.91 Å². The molecule has 126 valence electrons. The molecule has 0 unspecified atom stereocenters. The Kier molecular flexibility index (Phi) is 5.65. The first-order valence-electron chi connectivity index (χ1n) is 7.86. The van der Waals surface area contributed by atoms with Gasteiger partial charge in [0.05, 0.1) is 5.02 Å². The average molecular weight is 353 g/mol. The Morgan fingerprint density at radius 1 is 0.960 bits per heavy atom. The molecule has 1 aromatic heterocycles. The minimum absolute atomic E-state index is 0.115. The molecule has 1 N–H and O–H groups in total. The summed E-state index contributed by atoms with van der Waals surface area (Å²) in [5, 5.41) is 3.46. The van der Waals surface area contributed by atoms with Gasteiger partial charge in [-0.2, -0.15) is 0 Å². The van der Waals surface area contributed by atoms with Gasteiger partial charge in [-0.1, -0.05) is 35.9 Å². The number of hydrogen-bond acceptors (Lipinski definition) is 3. The first-order valence-corrected chi connectivity index (χ1v) is 8.23. The van der Waals surface area contributed by atoms with Crippen molar-refractivity contribution in [3.8, 4) is 5.75 Å². The molecule has 3 rings (SSSR count). The number of pyridine rings is 1. The number of amides is 1. The average Bonchev–Trinajstić information content (AvgIpc) is 2.67. The predicted molar refractivity (Wildman–Crippen MR) is 97.6 cm³/mol. The number of carbonyl (C=O) groups excluding carboxylic acids is 1. The third kappa shape index (κ3) is 4.81. The van der Waals surface area contributed by atoms with E-state index in [0.29, 0.717) is 29.5 Å². The molecule has 0 fully saturated rings. The lowest BCUT2D eigenvalue weighted by molar-refractivity contribution is 0.0951. The van der Waals surface area contributed by atoms with E-state index < -0.39 is 0 Å². The maximum atomic E-state index is 12.2. The second-order valence-corrected chi connectivity index (χ2v) is 5.86. The molecule has 0 aliphatic rings. The number of nitrogens with zero attached hydrogens (tertiary/aromatic N) is 1. The fourth-order valence-electron chi connectivity index (χ4n) is 2.26. The molecule has 25 heavy (non-hydrogen) atoms. The molecule has 0 aliphatic heterocycles. The molecule has 0 aliphatic carbocycles. The summed E-state index contributed by atoms with van der Waals surface area (Å²) in [7, 11) is 0. The SMILES string of the molecule is O=C(NCc1ccncc1)c1ccc(COc2ccccc2Cl)cc1. The Morgan fingerprint density at radius 2 is 1.68 bits per heavy atom. The van der Waals surface area contributed by atoms with E-state index in [1.54, 1.807) is 30.6 Å².